The van der Waals surface area contributed by atoms with Crippen LogP contribution < -0.4 is 0 Å². The van der Waals surface area contributed by atoms with Crippen molar-refractivity contribution >= 4 is 17.0 Å². The summed E-state index contributed by atoms with van der Waals surface area (Å²) < 4.78 is 0. The minimum absolute atomic E-state index is 0.968. The number of rotatable bonds is 1. The monoisotopic (exact) mass is 154 g/mol. The van der Waals surface area contributed by atoms with E-state index in [0.717, 1.165) is 16.5 Å². The fraction of sp³-hybridized carbons (Fsp3) is 0. The normalized spacial score (nSPS) is 10.0. The van der Waals surface area contributed by atoms with E-state index in [2.05, 4.69) is 17.8 Å². The van der Waals surface area contributed by atoms with E-state index in [0.29, 0.717) is 0 Å². The van der Waals surface area contributed by atoms with E-state index in [4.69, 9.17) is 0 Å². The third kappa shape index (κ3) is 0.996. The Bertz CT molecular complexity index is 413. The van der Waals surface area contributed by atoms with Crippen LogP contribution in [0.3, 0.4) is 0 Å². The Morgan fingerprint density at radius 3 is 3.08 bits per heavy atom. The van der Waals surface area contributed by atoms with Gasteiger partial charge >= 0.3 is 0 Å². The van der Waals surface area contributed by atoms with Gasteiger partial charge in [-0.15, -0.1) is 0 Å². The first kappa shape index (κ1) is 7.04. The Morgan fingerprint density at radius 1 is 1.33 bits per heavy atom. The zero-order valence-electron chi connectivity index (χ0n) is 6.62. The standard InChI is InChI=1S/C11H8N/c1-2-9-5-3-7-11-10(9)6-4-8-12-11/h2-7H,1H2. The minimum Gasteiger partial charge on any atom is -0.246 e. The van der Waals surface area contributed by atoms with E-state index in [9.17, 15) is 0 Å². The largest absolute Gasteiger partial charge is 0.246 e. The first-order valence-corrected chi connectivity index (χ1v) is 3.80. The van der Waals surface area contributed by atoms with Crippen LogP contribution in [0.5, 0.6) is 0 Å². The van der Waals surface area contributed by atoms with Crippen molar-refractivity contribution in [1.82, 2.24) is 4.98 Å². The summed E-state index contributed by atoms with van der Waals surface area (Å²) in [5, 5.41) is 1.13. The van der Waals surface area contributed by atoms with Gasteiger partial charge in [0.05, 0.1) is 11.7 Å². The van der Waals surface area contributed by atoms with Crippen molar-refractivity contribution in [3.05, 3.63) is 48.7 Å². The van der Waals surface area contributed by atoms with E-state index in [-0.39, 0.29) is 0 Å². The van der Waals surface area contributed by atoms with Crippen LogP contribution in [-0.2, 0) is 0 Å². The third-order valence-electron chi connectivity index (χ3n) is 1.85. The van der Waals surface area contributed by atoms with E-state index in [1.807, 2.05) is 36.4 Å². The van der Waals surface area contributed by atoms with E-state index >= 15 is 0 Å². The maximum Gasteiger partial charge on any atom is 0.0894 e. The molecule has 1 aromatic carbocycles. The Morgan fingerprint density at radius 2 is 2.25 bits per heavy atom. The van der Waals surface area contributed by atoms with Crippen LogP contribution in [0.2, 0.25) is 0 Å². The summed E-state index contributed by atoms with van der Waals surface area (Å²) in [5.41, 5.74) is 2.09. The fourth-order valence-electron chi connectivity index (χ4n) is 1.25. The lowest BCUT2D eigenvalue weighted by Crippen LogP contribution is -1.80. The second kappa shape index (κ2) is 2.78. The molecule has 0 bridgehead atoms. The van der Waals surface area contributed by atoms with Gasteiger partial charge in [0.25, 0.3) is 0 Å². The summed E-state index contributed by atoms with van der Waals surface area (Å²) in [6.45, 7) is 3.74. The first-order valence-electron chi connectivity index (χ1n) is 3.80. The summed E-state index contributed by atoms with van der Waals surface area (Å²) >= 11 is 0. The molecule has 0 saturated heterocycles. The average molecular weight is 154 g/mol. The van der Waals surface area contributed by atoms with E-state index in [1.54, 1.807) is 0 Å². The van der Waals surface area contributed by atoms with Gasteiger partial charge in [-0.2, -0.15) is 0 Å². The number of aromatic nitrogens is 1. The molecule has 1 radical (unpaired) electrons. The predicted octanol–water partition coefficient (Wildman–Crippen LogP) is 2.68. The highest BCUT2D eigenvalue weighted by Crippen LogP contribution is 2.16. The SMILES string of the molecule is C=Cc1cccc2n[c]ccc12. The van der Waals surface area contributed by atoms with Gasteiger partial charge in [-0.25, -0.2) is 4.98 Å². The van der Waals surface area contributed by atoms with E-state index in [1.165, 1.54) is 0 Å². The molecule has 2 aromatic rings. The second-order valence-electron chi connectivity index (χ2n) is 2.56. The van der Waals surface area contributed by atoms with Gasteiger partial charge in [0.1, 0.15) is 0 Å². The third-order valence-corrected chi connectivity index (χ3v) is 1.85. The Hall–Kier alpha value is -1.63. The molecule has 1 aromatic heterocycles. The molecule has 0 aliphatic rings. The van der Waals surface area contributed by atoms with Crippen LogP contribution in [0, 0.1) is 6.20 Å². The molecule has 0 aliphatic heterocycles. The summed E-state index contributed by atoms with van der Waals surface area (Å²) in [7, 11) is 0. The van der Waals surface area contributed by atoms with Crippen molar-refractivity contribution in [3.8, 4) is 0 Å². The van der Waals surface area contributed by atoms with Crippen LogP contribution in [0.25, 0.3) is 17.0 Å². The lowest BCUT2D eigenvalue weighted by molar-refractivity contribution is 1.39. The van der Waals surface area contributed by atoms with Crippen molar-refractivity contribution in [2.45, 2.75) is 0 Å². The van der Waals surface area contributed by atoms with Crippen molar-refractivity contribution in [2.24, 2.45) is 0 Å². The van der Waals surface area contributed by atoms with Crippen molar-refractivity contribution in [1.29, 1.82) is 0 Å². The van der Waals surface area contributed by atoms with Crippen molar-refractivity contribution in [2.75, 3.05) is 0 Å². The predicted molar refractivity (Wildman–Crippen MR) is 50.7 cm³/mol. The fourth-order valence-corrected chi connectivity index (χ4v) is 1.25. The van der Waals surface area contributed by atoms with Gasteiger partial charge in [-0.05, 0) is 23.8 Å². The molecule has 1 heterocycles. The molecule has 0 amide bonds. The van der Waals surface area contributed by atoms with Crippen LogP contribution >= 0.6 is 0 Å². The maximum absolute atomic E-state index is 4.12. The zero-order chi connectivity index (χ0) is 8.39. The Balaban J connectivity index is 2.88. The molecule has 0 unspecified atom stereocenters. The lowest BCUT2D eigenvalue weighted by Gasteiger charge is -1.98. The van der Waals surface area contributed by atoms with Crippen LogP contribution in [0.4, 0.5) is 0 Å². The minimum atomic E-state index is 0.968. The molecule has 0 atom stereocenters. The molecule has 2 rings (SSSR count). The lowest BCUT2D eigenvalue weighted by atomic mass is 10.1. The highest BCUT2D eigenvalue weighted by molar-refractivity contribution is 5.87. The van der Waals surface area contributed by atoms with Gasteiger partial charge in [0, 0.05) is 5.39 Å². The Kier molecular flexibility index (Phi) is 1.63. The van der Waals surface area contributed by atoms with Gasteiger partial charge in [0.2, 0.25) is 0 Å². The molecule has 1 heteroatoms. The molecule has 1 nitrogen and oxygen atoms in total. The highest BCUT2D eigenvalue weighted by Gasteiger charge is 1.95. The summed E-state index contributed by atoms with van der Waals surface area (Å²) in [6, 6.07) is 9.78. The van der Waals surface area contributed by atoms with Crippen LogP contribution in [0.15, 0.2) is 36.9 Å². The average Bonchev–Trinajstić information content (AvgIpc) is 2.17. The summed E-state index contributed by atoms with van der Waals surface area (Å²) in [4.78, 5) is 4.12. The molecule has 12 heavy (non-hydrogen) atoms. The highest BCUT2D eigenvalue weighted by atomic mass is 14.6. The number of pyridine rings is 1. The van der Waals surface area contributed by atoms with Crippen molar-refractivity contribution < 1.29 is 0 Å². The molecule has 0 aliphatic carbocycles. The molecule has 0 saturated carbocycles. The molecule has 0 fully saturated rings. The summed E-state index contributed by atoms with van der Waals surface area (Å²) in [5.74, 6) is 0. The molecule has 0 spiro atoms. The number of hydrogen-bond donors (Lipinski definition) is 0. The number of nitrogens with zero attached hydrogens (tertiary/aromatic N) is 1. The topological polar surface area (TPSA) is 12.9 Å². The van der Waals surface area contributed by atoms with Crippen molar-refractivity contribution in [3.63, 3.8) is 0 Å². The maximum atomic E-state index is 4.12. The van der Waals surface area contributed by atoms with Gasteiger partial charge in [-0.3, -0.25) is 0 Å². The number of benzene rings is 1. The Labute approximate surface area is 71.4 Å². The molecule has 57 valence electrons. The van der Waals surface area contributed by atoms with Gasteiger partial charge in [0.15, 0.2) is 0 Å². The van der Waals surface area contributed by atoms with E-state index < -0.39 is 0 Å². The van der Waals surface area contributed by atoms with Crippen LogP contribution in [0.1, 0.15) is 5.56 Å². The molecule has 0 N–H and O–H groups in total. The van der Waals surface area contributed by atoms with Crippen LogP contribution in [-0.4, -0.2) is 4.98 Å². The summed E-state index contributed by atoms with van der Waals surface area (Å²) in [6.07, 6.45) is 4.64. The quantitative estimate of drug-likeness (QED) is 0.615. The number of fused-ring (bicyclic) bond motifs is 1. The second-order valence-corrected chi connectivity index (χ2v) is 2.56. The first-order chi connectivity index (χ1) is 5.92. The zero-order valence-corrected chi connectivity index (χ0v) is 6.62. The van der Waals surface area contributed by atoms with Gasteiger partial charge in [-0.1, -0.05) is 24.8 Å². The smallest absolute Gasteiger partial charge is 0.0894 e. The van der Waals surface area contributed by atoms with Gasteiger partial charge < -0.3 is 0 Å². The molecular weight excluding hydrogens is 146 g/mol. The number of hydrogen-bond acceptors (Lipinski definition) is 1. The molecular formula is C11H8N.